The average molecular weight is 337 g/mol. The molecular weight excluding hydrogens is 329 g/mol. The van der Waals surface area contributed by atoms with E-state index in [1.165, 1.54) is 17.5 Å². The van der Waals surface area contributed by atoms with Crippen LogP contribution in [0.5, 0.6) is 0 Å². The number of rotatable bonds is 3. The van der Waals surface area contributed by atoms with E-state index in [2.05, 4.69) is 15.3 Å². The molecule has 0 aliphatic heterocycles. The fourth-order valence-electron chi connectivity index (χ4n) is 1.47. The van der Waals surface area contributed by atoms with Gasteiger partial charge in [-0.2, -0.15) is 13.2 Å². The van der Waals surface area contributed by atoms with Crippen LogP contribution in [0.15, 0.2) is 17.5 Å². The van der Waals surface area contributed by atoms with Gasteiger partial charge in [0.2, 0.25) is 0 Å². The summed E-state index contributed by atoms with van der Waals surface area (Å²) in [5.74, 6) is -0.525. The second-order valence-corrected chi connectivity index (χ2v) is 5.24. The fraction of sp³-hybridized carbons (Fsp3) is 0.182. The van der Waals surface area contributed by atoms with Crippen molar-refractivity contribution in [2.45, 2.75) is 12.6 Å². The van der Waals surface area contributed by atoms with Crippen molar-refractivity contribution in [3.05, 3.63) is 33.9 Å². The van der Waals surface area contributed by atoms with E-state index in [0.717, 1.165) is 11.3 Å². The van der Waals surface area contributed by atoms with Crippen molar-refractivity contribution in [2.24, 2.45) is 0 Å². The van der Waals surface area contributed by atoms with Gasteiger partial charge in [-0.3, -0.25) is 10.1 Å². The Labute approximate surface area is 126 Å². The molecule has 0 saturated heterocycles. The van der Waals surface area contributed by atoms with Crippen molar-refractivity contribution in [3.8, 4) is 0 Å². The predicted octanol–water partition coefficient (Wildman–Crippen LogP) is 3.13. The van der Waals surface area contributed by atoms with Crippen LogP contribution in [0.25, 0.3) is 0 Å². The van der Waals surface area contributed by atoms with Gasteiger partial charge in [-0.1, -0.05) is 11.6 Å². The molecule has 112 valence electrons. The van der Waals surface area contributed by atoms with Gasteiger partial charge in [0.25, 0.3) is 5.91 Å². The number of nitrogens with zero attached hydrogens (tertiary/aromatic N) is 2. The highest BCUT2D eigenvalue weighted by Crippen LogP contribution is 2.24. The standard InChI is InChI=1S/C11H8ClF3N4OS/c12-7-1-5(2-8(16)18-7)9(20)19-10-17-6(4-21-10)3-11(13,14)15/h1-2,4H,3H2,(H2,16,18)(H,17,19,20). The molecule has 1 amide bonds. The quantitative estimate of drug-likeness (QED) is 0.844. The van der Waals surface area contributed by atoms with Crippen molar-refractivity contribution < 1.29 is 18.0 Å². The Morgan fingerprint density at radius 3 is 2.71 bits per heavy atom. The van der Waals surface area contributed by atoms with E-state index in [1.807, 2.05) is 0 Å². The Morgan fingerprint density at radius 1 is 1.38 bits per heavy atom. The summed E-state index contributed by atoms with van der Waals surface area (Å²) in [5, 5.41) is 3.71. The van der Waals surface area contributed by atoms with Crippen molar-refractivity contribution in [1.82, 2.24) is 9.97 Å². The summed E-state index contributed by atoms with van der Waals surface area (Å²) in [6.45, 7) is 0. The molecule has 0 aromatic carbocycles. The van der Waals surface area contributed by atoms with Gasteiger partial charge >= 0.3 is 6.18 Å². The number of nitrogen functional groups attached to an aromatic ring is 1. The molecule has 2 heterocycles. The number of anilines is 2. The van der Waals surface area contributed by atoms with Crippen LogP contribution < -0.4 is 11.1 Å². The summed E-state index contributed by atoms with van der Waals surface area (Å²) in [6, 6.07) is 2.59. The van der Waals surface area contributed by atoms with Crippen LogP contribution in [0.1, 0.15) is 16.1 Å². The number of hydrogen-bond donors (Lipinski definition) is 2. The minimum atomic E-state index is -4.34. The van der Waals surface area contributed by atoms with E-state index in [1.54, 1.807) is 0 Å². The number of carbonyl (C=O) groups is 1. The molecule has 0 aliphatic rings. The van der Waals surface area contributed by atoms with Crippen LogP contribution >= 0.6 is 22.9 Å². The van der Waals surface area contributed by atoms with Crippen molar-refractivity contribution >= 4 is 39.8 Å². The largest absolute Gasteiger partial charge is 0.394 e. The number of halogens is 4. The Balaban J connectivity index is 2.09. The Kier molecular flexibility index (Phi) is 4.33. The van der Waals surface area contributed by atoms with Crippen LogP contribution in [0.4, 0.5) is 24.1 Å². The molecule has 0 radical (unpaired) electrons. The maximum absolute atomic E-state index is 12.2. The van der Waals surface area contributed by atoms with Gasteiger partial charge in [-0.25, -0.2) is 9.97 Å². The van der Waals surface area contributed by atoms with E-state index in [-0.39, 0.29) is 27.4 Å². The number of nitrogens with one attached hydrogen (secondary N) is 1. The Hall–Kier alpha value is -1.87. The number of thiazole rings is 1. The van der Waals surface area contributed by atoms with Crippen LogP contribution in [0.2, 0.25) is 5.15 Å². The highest BCUT2D eigenvalue weighted by Gasteiger charge is 2.29. The van der Waals surface area contributed by atoms with Crippen molar-refractivity contribution in [3.63, 3.8) is 0 Å². The number of alkyl halides is 3. The molecule has 0 unspecified atom stereocenters. The SMILES string of the molecule is Nc1cc(C(=O)Nc2nc(CC(F)(F)F)cs2)cc(Cl)n1. The lowest BCUT2D eigenvalue weighted by molar-refractivity contribution is -0.127. The summed E-state index contributed by atoms with van der Waals surface area (Å²) in [7, 11) is 0. The zero-order valence-corrected chi connectivity index (χ0v) is 11.8. The van der Waals surface area contributed by atoms with Gasteiger partial charge < -0.3 is 5.73 Å². The second-order valence-electron chi connectivity index (χ2n) is 3.99. The summed E-state index contributed by atoms with van der Waals surface area (Å²) in [5.41, 5.74) is 5.43. The zero-order chi connectivity index (χ0) is 15.6. The number of aromatic nitrogens is 2. The molecule has 10 heteroatoms. The topological polar surface area (TPSA) is 80.9 Å². The van der Waals surface area contributed by atoms with E-state index < -0.39 is 18.5 Å². The summed E-state index contributed by atoms with van der Waals surface area (Å²) < 4.78 is 36.6. The smallest absolute Gasteiger partial charge is 0.384 e. The van der Waals surface area contributed by atoms with Gasteiger partial charge in [0.1, 0.15) is 11.0 Å². The molecule has 0 spiro atoms. The minimum absolute atomic E-state index is 0.0389. The third-order valence-corrected chi connectivity index (χ3v) is 3.23. The monoisotopic (exact) mass is 336 g/mol. The first-order valence-corrected chi connectivity index (χ1v) is 6.74. The van der Waals surface area contributed by atoms with E-state index in [0.29, 0.717) is 0 Å². The first kappa shape index (κ1) is 15.5. The predicted molar refractivity (Wildman–Crippen MR) is 73.5 cm³/mol. The highest BCUT2D eigenvalue weighted by molar-refractivity contribution is 7.14. The van der Waals surface area contributed by atoms with E-state index in [9.17, 15) is 18.0 Å². The molecule has 2 aromatic rings. The molecule has 0 saturated carbocycles. The summed E-state index contributed by atoms with van der Waals surface area (Å²) >= 11 is 6.56. The lowest BCUT2D eigenvalue weighted by Gasteiger charge is -2.04. The number of nitrogens with two attached hydrogens (primary N) is 1. The first-order valence-electron chi connectivity index (χ1n) is 5.48. The van der Waals surface area contributed by atoms with Gasteiger partial charge in [-0.15, -0.1) is 11.3 Å². The van der Waals surface area contributed by atoms with Gasteiger partial charge in [0.05, 0.1) is 12.1 Å². The van der Waals surface area contributed by atoms with E-state index >= 15 is 0 Å². The van der Waals surface area contributed by atoms with Crippen LogP contribution in [-0.2, 0) is 6.42 Å². The van der Waals surface area contributed by atoms with Crippen LogP contribution in [0.3, 0.4) is 0 Å². The lowest BCUT2D eigenvalue weighted by atomic mass is 10.2. The molecular formula is C11H8ClF3N4OS. The number of amides is 1. The first-order chi connectivity index (χ1) is 9.73. The van der Waals surface area contributed by atoms with Gasteiger partial charge in [0.15, 0.2) is 5.13 Å². The molecule has 0 bridgehead atoms. The molecule has 2 aromatic heterocycles. The normalized spacial score (nSPS) is 11.4. The maximum atomic E-state index is 12.2. The molecule has 0 atom stereocenters. The molecule has 5 nitrogen and oxygen atoms in total. The van der Waals surface area contributed by atoms with Gasteiger partial charge in [0, 0.05) is 10.9 Å². The van der Waals surface area contributed by atoms with E-state index in [4.69, 9.17) is 17.3 Å². The van der Waals surface area contributed by atoms with Gasteiger partial charge in [-0.05, 0) is 12.1 Å². The molecule has 0 fully saturated rings. The average Bonchev–Trinajstić information content (AvgIpc) is 2.72. The van der Waals surface area contributed by atoms with Crippen molar-refractivity contribution in [1.29, 1.82) is 0 Å². The fourth-order valence-corrected chi connectivity index (χ4v) is 2.39. The number of carbonyl (C=O) groups excluding carboxylic acids is 1. The third-order valence-electron chi connectivity index (χ3n) is 2.23. The molecule has 3 N–H and O–H groups in total. The Bertz CT molecular complexity index is 653. The minimum Gasteiger partial charge on any atom is -0.384 e. The molecule has 2 rings (SSSR count). The summed E-state index contributed by atoms with van der Waals surface area (Å²) in [6.07, 6.45) is -5.49. The second kappa shape index (κ2) is 5.86. The lowest BCUT2D eigenvalue weighted by Crippen LogP contribution is -2.14. The highest BCUT2D eigenvalue weighted by atomic mass is 35.5. The van der Waals surface area contributed by atoms with Crippen molar-refractivity contribution in [2.75, 3.05) is 11.1 Å². The number of hydrogen-bond acceptors (Lipinski definition) is 5. The van der Waals surface area contributed by atoms with Crippen LogP contribution in [0, 0.1) is 0 Å². The molecule has 0 aliphatic carbocycles. The number of pyridine rings is 1. The third kappa shape index (κ3) is 4.57. The molecule has 21 heavy (non-hydrogen) atoms. The van der Waals surface area contributed by atoms with Crippen LogP contribution in [-0.4, -0.2) is 22.1 Å². The Morgan fingerprint density at radius 2 is 2.10 bits per heavy atom. The zero-order valence-electron chi connectivity index (χ0n) is 10.2. The maximum Gasteiger partial charge on any atom is 0.394 e. The summed E-state index contributed by atoms with van der Waals surface area (Å²) in [4.78, 5) is 19.3.